The fraction of sp³-hybridized carbons (Fsp3) is 0.500. The summed E-state index contributed by atoms with van der Waals surface area (Å²) in [6.07, 6.45) is 0. The van der Waals surface area contributed by atoms with Crippen molar-refractivity contribution in [1.82, 2.24) is 10.2 Å². The van der Waals surface area contributed by atoms with E-state index in [4.69, 9.17) is 0 Å². The van der Waals surface area contributed by atoms with Gasteiger partial charge in [-0.1, -0.05) is 6.07 Å². The molecular formula is C14H18F2N2O. The normalized spacial score (nSPS) is 16.5. The summed E-state index contributed by atoms with van der Waals surface area (Å²) >= 11 is 0. The summed E-state index contributed by atoms with van der Waals surface area (Å²) in [6, 6.07) is 3.36. The van der Waals surface area contributed by atoms with Crippen molar-refractivity contribution in [2.45, 2.75) is 19.3 Å². The highest BCUT2D eigenvalue weighted by atomic mass is 19.1. The van der Waals surface area contributed by atoms with Crippen LogP contribution >= 0.6 is 0 Å². The number of hydrogen-bond acceptors (Lipinski definition) is 2. The summed E-state index contributed by atoms with van der Waals surface area (Å²) in [5, 5.41) is 3.16. The van der Waals surface area contributed by atoms with Crippen LogP contribution in [0.2, 0.25) is 0 Å². The Morgan fingerprint density at radius 3 is 2.47 bits per heavy atom. The molecule has 3 nitrogen and oxygen atoms in total. The Kier molecular flexibility index (Phi) is 3.85. The van der Waals surface area contributed by atoms with E-state index in [1.165, 1.54) is 12.1 Å². The van der Waals surface area contributed by atoms with Crippen LogP contribution in [0, 0.1) is 11.6 Å². The third kappa shape index (κ3) is 2.76. The maximum absolute atomic E-state index is 13.9. The van der Waals surface area contributed by atoms with Crippen LogP contribution in [0.3, 0.4) is 0 Å². The number of hydrogen-bond donors (Lipinski definition) is 1. The van der Waals surface area contributed by atoms with Gasteiger partial charge in [0.05, 0.1) is 5.41 Å². The van der Waals surface area contributed by atoms with E-state index in [1.54, 1.807) is 18.7 Å². The highest BCUT2D eigenvalue weighted by molar-refractivity contribution is 5.87. The van der Waals surface area contributed by atoms with Crippen molar-refractivity contribution in [1.29, 1.82) is 0 Å². The summed E-state index contributed by atoms with van der Waals surface area (Å²) in [7, 11) is 0. The van der Waals surface area contributed by atoms with Gasteiger partial charge in [0.1, 0.15) is 11.6 Å². The first kappa shape index (κ1) is 13.9. The lowest BCUT2D eigenvalue weighted by atomic mass is 9.82. The molecule has 0 spiro atoms. The minimum absolute atomic E-state index is 0.125. The van der Waals surface area contributed by atoms with E-state index in [1.807, 2.05) is 0 Å². The molecular weight excluding hydrogens is 250 g/mol. The van der Waals surface area contributed by atoms with Crippen LogP contribution in [0.15, 0.2) is 18.2 Å². The Bertz CT molecular complexity index is 482. The fourth-order valence-electron chi connectivity index (χ4n) is 2.37. The molecule has 1 aromatic carbocycles. The largest absolute Gasteiger partial charge is 0.339 e. The van der Waals surface area contributed by atoms with Gasteiger partial charge in [0, 0.05) is 37.8 Å². The van der Waals surface area contributed by atoms with Gasteiger partial charge < -0.3 is 10.2 Å². The Labute approximate surface area is 111 Å². The van der Waals surface area contributed by atoms with Crippen LogP contribution in [0.1, 0.15) is 19.4 Å². The number of rotatable bonds is 2. The molecule has 0 atom stereocenters. The second-order valence-corrected chi connectivity index (χ2v) is 5.29. The monoisotopic (exact) mass is 268 g/mol. The molecule has 1 heterocycles. The van der Waals surface area contributed by atoms with Gasteiger partial charge in [-0.05, 0) is 19.9 Å². The Balaban J connectivity index is 2.27. The lowest BCUT2D eigenvalue weighted by molar-refractivity contribution is -0.137. The zero-order chi connectivity index (χ0) is 14.0. The molecule has 19 heavy (non-hydrogen) atoms. The molecule has 5 heteroatoms. The van der Waals surface area contributed by atoms with E-state index in [0.717, 1.165) is 19.2 Å². The van der Waals surface area contributed by atoms with E-state index < -0.39 is 17.0 Å². The van der Waals surface area contributed by atoms with Crippen molar-refractivity contribution in [3.63, 3.8) is 0 Å². The standard InChI is InChI=1S/C14H18F2N2O/c1-14(2,11-4-3-10(15)9-12(11)16)13(19)18-7-5-17-6-8-18/h3-4,9,17H,5-8H2,1-2H3. The minimum atomic E-state index is -0.991. The third-order valence-electron chi connectivity index (χ3n) is 3.54. The van der Waals surface area contributed by atoms with Crippen LogP contribution < -0.4 is 5.32 Å². The number of nitrogens with one attached hydrogen (secondary N) is 1. The van der Waals surface area contributed by atoms with E-state index in [2.05, 4.69) is 5.32 Å². The van der Waals surface area contributed by atoms with Gasteiger partial charge >= 0.3 is 0 Å². The van der Waals surface area contributed by atoms with Crippen LogP contribution in [-0.2, 0) is 10.2 Å². The average Bonchev–Trinajstić information content (AvgIpc) is 2.38. The Morgan fingerprint density at radius 1 is 1.26 bits per heavy atom. The predicted molar refractivity (Wildman–Crippen MR) is 68.8 cm³/mol. The van der Waals surface area contributed by atoms with Gasteiger partial charge in [-0.15, -0.1) is 0 Å². The number of amides is 1. The van der Waals surface area contributed by atoms with Gasteiger partial charge in [0.15, 0.2) is 0 Å². The number of carbonyl (C=O) groups excluding carboxylic acids is 1. The van der Waals surface area contributed by atoms with Crippen LogP contribution in [0.25, 0.3) is 0 Å². The van der Waals surface area contributed by atoms with Gasteiger partial charge in [0.25, 0.3) is 0 Å². The minimum Gasteiger partial charge on any atom is -0.339 e. The highest BCUT2D eigenvalue weighted by Crippen LogP contribution is 2.28. The van der Waals surface area contributed by atoms with Gasteiger partial charge in [-0.25, -0.2) is 8.78 Å². The fourth-order valence-corrected chi connectivity index (χ4v) is 2.37. The van der Waals surface area contributed by atoms with Crippen molar-refractivity contribution in [3.8, 4) is 0 Å². The molecule has 1 aromatic rings. The molecule has 0 aliphatic carbocycles. The average molecular weight is 268 g/mol. The molecule has 1 aliphatic rings. The SMILES string of the molecule is CC(C)(C(=O)N1CCNCC1)c1ccc(F)cc1F. The summed E-state index contributed by atoms with van der Waals surface area (Å²) in [6.45, 7) is 6.07. The molecule has 0 bridgehead atoms. The van der Waals surface area contributed by atoms with Crippen molar-refractivity contribution in [2.24, 2.45) is 0 Å². The van der Waals surface area contributed by atoms with E-state index in [-0.39, 0.29) is 11.5 Å². The molecule has 1 N–H and O–H groups in total. The zero-order valence-corrected chi connectivity index (χ0v) is 11.2. The quantitative estimate of drug-likeness (QED) is 0.885. The lowest BCUT2D eigenvalue weighted by Gasteiger charge is -2.35. The van der Waals surface area contributed by atoms with Crippen molar-refractivity contribution >= 4 is 5.91 Å². The molecule has 0 aromatic heterocycles. The number of halogens is 2. The predicted octanol–water partition coefficient (Wildman–Crippen LogP) is 1.67. The van der Waals surface area contributed by atoms with Crippen molar-refractivity contribution in [3.05, 3.63) is 35.4 Å². The Morgan fingerprint density at radius 2 is 1.89 bits per heavy atom. The molecule has 0 saturated carbocycles. The smallest absolute Gasteiger partial charge is 0.232 e. The second-order valence-electron chi connectivity index (χ2n) is 5.29. The molecule has 1 saturated heterocycles. The summed E-state index contributed by atoms with van der Waals surface area (Å²) in [5.74, 6) is -1.43. The van der Waals surface area contributed by atoms with Crippen LogP contribution in [0.4, 0.5) is 8.78 Å². The van der Waals surface area contributed by atoms with Crippen LogP contribution in [-0.4, -0.2) is 37.0 Å². The molecule has 0 unspecified atom stereocenters. The first-order valence-corrected chi connectivity index (χ1v) is 6.38. The van der Waals surface area contributed by atoms with Gasteiger partial charge in [0.2, 0.25) is 5.91 Å². The van der Waals surface area contributed by atoms with Gasteiger partial charge in [-0.2, -0.15) is 0 Å². The summed E-state index contributed by atoms with van der Waals surface area (Å²) < 4.78 is 26.8. The molecule has 1 aliphatic heterocycles. The van der Waals surface area contributed by atoms with Crippen molar-refractivity contribution < 1.29 is 13.6 Å². The van der Waals surface area contributed by atoms with E-state index >= 15 is 0 Å². The number of benzene rings is 1. The molecule has 1 fully saturated rings. The van der Waals surface area contributed by atoms with Crippen LogP contribution in [0.5, 0.6) is 0 Å². The first-order valence-electron chi connectivity index (χ1n) is 6.38. The molecule has 2 rings (SSSR count). The second kappa shape index (κ2) is 5.25. The summed E-state index contributed by atoms with van der Waals surface area (Å²) in [5.41, 5.74) is -0.757. The third-order valence-corrected chi connectivity index (χ3v) is 3.54. The number of carbonyl (C=O) groups is 1. The van der Waals surface area contributed by atoms with E-state index in [0.29, 0.717) is 13.1 Å². The van der Waals surface area contributed by atoms with Gasteiger partial charge in [-0.3, -0.25) is 4.79 Å². The number of piperazine rings is 1. The zero-order valence-electron chi connectivity index (χ0n) is 11.2. The molecule has 104 valence electrons. The maximum Gasteiger partial charge on any atom is 0.232 e. The Hall–Kier alpha value is -1.49. The van der Waals surface area contributed by atoms with E-state index in [9.17, 15) is 13.6 Å². The molecule has 0 radical (unpaired) electrons. The lowest BCUT2D eigenvalue weighted by Crippen LogP contribution is -2.52. The summed E-state index contributed by atoms with van der Waals surface area (Å²) in [4.78, 5) is 14.2. The number of nitrogens with zero attached hydrogens (tertiary/aromatic N) is 1. The topological polar surface area (TPSA) is 32.3 Å². The first-order chi connectivity index (χ1) is 8.93. The van der Waals surface area contributed by atoms with Crippen molar-refractivity contribution in [2.75, 3.05) is 26.2 Å². The maximum atomic E-state index is 13.9. The molecule has 1 amide bonds. The highest BCUT2D eigenvalue weighted by Gasteiger charge is 2.36.